The predicted octanol–water partition coefficient (Wildman–Crippen LogP) is 5.10. The minimum atomic E-state index is 0.442. The topological polar surface area (TPSA) is 56.7 Å². The van der Waals surface area contributed by atoms with Gasteiger partial charge in [0.2, 0.25) is 11.7 Å². The molecule has 4 aromatic rings. The average molecular weight is 350 g/mol. The second kappa shape index (κ2) is 5.81. The molecule has 126 valence electrons. The van der Waals surface area contributed by atoms with Crippen LogP contribution in [-0.4, -0.2) is 19.9 Å². The number of rotatable bonds is 3. The third-order valence-corrected chi connectivity index (χ3v) is 6.02. The molecule has 1 fully saturated rings. The predicted molar refractivity (Wildman–Crippen MR) is 98.2 cm³/mol. The largest absolute Gasteiger partial charge is 0.339 e. The molecular weight excluding hydrogens is 332 g/mol. The molecule has 5 rings (SSSR count). The standard InChI is InChI=1S/C19H18N4OS/c1-12-15-11-16(17-20-18(24-22-17)13-7-5-6-8-13)25-19(15)23(21-12)14-9-3-2-4-10-14/h2-4,9-11,13H,5-8H2,1H3. The first-order valence-electron chi connectivity index (χ1n) is 8.68. The zero-order chi connectivity index (χ0) is 16.8. The molecule has 1 aliphatic rings. The molecule has 0 atom stereocenters. The SMILES string of the molecule is Cc1nn(-c2ccccc2)c2sc(-c3noc(C4CCCC4)n3)cc12. The van der Waals surface area contributed by atoms with Crippen molar-refractivity contribution < 1.29 is 4.52 Å². The first-order valence-corrected chi connectivity index (χ1v) is 9.50. The number of para-hydroxylation sites is 1. The van der Waals surface area contributed by atoms with Crippen LogP contribution in [0.15, 0.2) is 40.9 Å². The number of hydrogen-bond acceptors (Lipinski definition) is 5. The number of thiophene rings is 1. The van der Waals surface area contributed by atoms with Crippen LogP contribution >= 0.6 is 11.3 Å². The molecule has 0 N–H and O–H groups in total. The van der Waals surface area contributed by atoms with Crippen molar-refractivity contribution in [1.82, 2.24) is 19.9 Å². The van der Waals surface area contributed by atoms with Crippen LogP contribution < -0.4 is 0 Å². The Labute approximate surface area is 149 Å². The Hall–Kier alpha value is -2.47. The summed E-state index contributed by atoms with van der Waals surface area (Å²) in [6.45, 7) is 2.04. The molecule has 25 heavy (non-hydrogen) atoms. The summed E-state index contributed by atoms with van der Waals surface area (Å²) >= 11 is 1.66. The van der Waals surface area contributed by atoms with Gasteiger partial charge in [0.05, 0.1) is 16.3 Å². The van der Waals surface area contributed by atoms with Crippen molar-refractivity contribution in [3.63, 3.8) is 0 Å². The fourth-order valence-corrected chi connectivity index (χ4v) is 4.68. The Bertz CT molecular complexity index is 1020. The summed E-state index contributed by atoms with van der Waals surface area (Å²) in [6, 6.07) is 12.3. The highest BCUT2D eigenvalue weighted by atomic mass is 32.1. The number of aromatic nitrogens is 4. The lowest BCUT2D eigenvalue weighted by Gasteiger charge is -2.00. The molecule has 3 heterocycles. The van der Waals surface area contributed by atoms with Crippen molar-refractivity contribution in [1.29, 1.82) is 0 Å². The number of hydrogen-bond donors (Lipinski definition) is 0. The van der Waals surface area contributed by atoms with Gasteiger partial charge in [0, 0.05) is 11.3 Å². The average Bonchev–Trinajstić information content (AvgIpc) is 3.41. The fourth-order valence-electron chi connectivity index (χ4n) is 3.58. The number of aryl methyl sites for hydroxylation is 1. The van der Waals surface area contributed by atoms with E-state index in [0.29, 0.717) is 11.7 Å². The summed E-state index contributed by atoms with van der Waals surface area (Å²) in [5, 5.41) is 10.1. The minimum Gasteiger partial charge on any atom is -0.339 e. The second-order valence-electron chi connectivity index (χ2n) is 6.60. The lowest BCUT2D eigenvalue weighted by Crippen LogP contribution is -1.94. The van der Waals surface area contributed by atoms with Gasteiger partial charge < -0.3 is 4.52 Å². The van der Waals surface area contributed by atoms with Crippen LogP contribution in [0.1, 0.15) is 43.2 Å². The maximum absolute atomic E-state index is 5.54. The smallest absolute Gasteiger partial charge is 0.230 e. The van der Waals surface area contributed by atoms with Crippen LogP contribution in [0.4, 0.5) is 0 Å². The van der Waals surface area contributed by atoms with Crippen molar-refractivity contribution in [2.24, 2.45) is 0 Å². The molecule has 0 spiro atoms. The van der Waals surface area contributed by atoms with Crippen molar-refractivity contribution >= 4 is 21.6 Å². The van der Waals surface area contributed by atoms with E-state index < -0.39 is 0 Å². The third-order valence-electron chi connectivity index (χ3n) is 4.91. The molecule has 0 radical (unpaired) electrons. The maximum atomic E-state index is 5.54. The summed E-state index contributed by atoms with van der Waals surface area (Å²) in [7, 11) is 0. The van der Waals surface area contributed by atoms with E-state index in [-0.39, 0.29) is 0 Å². The van der Waals surface area contributed by atoms with Crippen molar-refractivity contribution in [3.8, 4) is 16.4 Å². The van der Waals surface area contributed by atoms with Gasteiger partial charge in [-0.15, -0.1) is 11.3 Å². The molecule has 0 bridgehead atoms. The van der Waals surface area contributed by atoms with E-state index in [2.05, 4.69) is 33.4 Å². The quantitative estimate of drug-likeness (QED) is 0.515. The van der Waals surface area contributed by atoms with Gasteiger partial charge in [0.15, 0.2) is 0 Å². The molecule has 0 saturated heterocycles. The van der Waals surface area contributed by atoms with Gasteiger partial charge in [-0.05, 0) is 38.0 Å². The molecule has 3 aromatic heterocycles. The van der Waals surface area contributed by atoms with Crippen molar-refractivity contribution in [2.45, 2.75) is 38.5 Å². The van der Waals surface area contributed by atoms with Crippen molar-refractivity contribution in [2.75, 3.05) is 0 Å². The van der Waals surface area contributed by atoms with E-state index in [1.807, 2.05) is 29.8 Å². The highest BCUT2D eigenvalue weighted by Gasteiger charge is 2.24. The van der Waals surface area contributed by atoms with Crippen LogP contribution in [0.5, 0.6) is 0 Å². The third kappa shape index (κ3) is 2.48. The van der Waals surface area contributed by atoms with E-state index in [0.717, 1.165) is 45.2 Å². The van der Waals surface area contributed by atoms with Gasteiger partial charge in [0.1, 0.15) is 4.83 Å². The summed E-state index contributed by atoms with van der Waals surface area (Å²) < 4.78 is 7.54. The second-order valence-corrected chi connectivity index (χ2v) is 7.63. The van der Waals surface area contributed by atoms with Crippen LogP contribution in [0.25, 0.3) is 26.6 Å². The van der Waals surface area contributed by atoms with Crippen LogP contribution in [0.2, 0.25) is 0 Å². The lowest BCUT2D eigenvalue weighted by molar-refractivity contribution is 0.354. The van der Waals surface area contributed by atoms with E-state index in [4.69, 9.17) is 4.52 Å². The van der Waals surface area contributed by atoms with Crippen LogP contribution in [0, 0.1) is 6.92 Å². The molecule has 1 saturated carbocycles. The highest BCUT2D eigenvalue weighted by molar-refractivity contribution is 7.21. The summed E-state index contributed by atoms with van der Waals surface area (Å²) in [6.07, 6.45) is 4.85. The Morgan fingerprint density at radius 3 is 2.76 bits per heavy atom. The number of benzene rings is 1. The molecule has 0 aliphatic heterocycles. The first-order chi connectivity index (χ1) is 12.3. The molecule has 1 aromatic carbocycles. The molecular formula is C19H18N4OS. The van der Waals surface area contributed by atoms with Gasteiger partial charge in [-0.25, -0.2) is 4.68 Å². The van der Waals surface area contributed by atoms with E-state index >= 15 is 0 Å². The summed E-state index contributed by atoms with van der Waals surface area (Å²) in [5.41, 5.74) is 2.08. The summed E-state index contributed by atoms with van der Waals surface area (Å²) in [4.78, 5) is 6.82. The highest BCUT2D eigenvalue weighted by Crippen LogP contribution is 2.37. The molecule has 5 nitrogen and oxygen atoms in total. The van der Waals surface area contributed by atoms with Crippen LogP contribution in [-0.2, 0) is 0 Å². The molecule has 0 amide bonds. The zero-order valence-corrected chi connectivity index (χ0v) is 14.8. The summed E-state index contributed by atoms with van der Waals surface area (Å²) in [5.74, 6) is 1.94. The van der Waals surface area contributed by atoms with E-state index in [1.165, 1.54) is 12.8 Å². The minimum absolute atomic E-state index is 0.442. The fraction of sp³-hybridized carbons (Fsp3) is 0.316. The Morgan fingerprint density at radius 1 is 1.16 bits per heavy atom. The Kier molecular flexibility index (Phi) is 3.45. The van der Waals surface area contributed by atoms with E-state index in [1.54, 1.807) is 11.3 Å². The zero-order valence-electron chi connectivity index (χ0n) is 14.0. The van der Waals surface area contributed by atoms with Crippen molar-refractivity contribution in [3.05, 3.63) is 48.0 Å². The van der Waals surface area contributed by atoms with Crippen LogP contribution in [0.3, 0.4) is 0 Å². The first kappa shape index (κ1) is 14.8. The van der Waals surface area contributed by atoms with Gasteiger partial charge in [-0.1, -0.05) is 36.2 Å². The molecule has 1 aliphatic carbocycles. The normalized spacial score (nSPS) is 15.4. The van der Waals surface area contributed by atoms with Gasteiger partial charge in [0.25, 0.3) is 0 Å². The monoisotopic (exact) mass is 350 g/mol. The van der Waals surface area contributed by atoms with Gasteiger partial charge in [-0.2, -0.15) is 10.1 Å². The van der Waals surface area contributed by atoms with Gasteiger partial charge in [-0.3, -0.25) is 0 Å². The molecule has 6 heteroatoms. The molecule has 0 unspecified atom stereocenters. The van der Waals surface area contributed by atoms with Gasteiger partial charge >= 0.3 is 0 Å². The Balaban J connectivity index is 1.57. The number of fused-ring (bicyclic) bond motifs is 1. The Morgan fingerprint density at radius 2 is 1.96 bits per heavy atom. The maximum Gasteiger partial charge on any atom is 0.230 e. The number of nitrogens with zero attached hydrogens (tertiary/aromatic N) is 4. The lowest BCUT2D eigenvalue weighted by atomic mass is 10.1. The van der Waals surface area contributed by atoms with E-state index in [9.17, 15) is 0 Å².